The van der Waals surface area contributed by atoms with Crippen LogP contribution in [0, 0.1) is 19.8 Å². The predicted molar refractivity (Wildman–Crippen MR) is 109 cm³/mol. The standard InChI is InChI=1S/C22H27N3O3/c1-14-20(16(3)26)15(2)23-21(14)19(27)13-25-11-7-8-17(12-25)22(28)24-18-9-5-4-6-10-18/h4-6,9-10,17,23H,7-8,11-13H2,1-3H3,(H,24,28)/t17-/m1/s1. The minimum Gasteiger partial charge on any atom is -0.355 e. The van der Waals surface area contributed by atoms with Crippen LogP contribution in [0.2, 0.25) is 0 Å². The van der Waals surface area contributed by atoms with Crippen LogP contribution in [-0.2, 0) is 4.79 Å². The molecule has 2 heterocycles. The number of aromatic amines is 1. The van der Waals surface area contributed by atoms with Crippen LogP contribution in [0.5, 0.6) is 0 Å². The molecule has 2 aromatic rings. The van der Waals surface area contributed by atoms with Crippen LogP contribution in [-0.4, -0.2) is 47.0 Å². The molecule has 148 valence electrons. The molecular weight excluding hydrogens is 354 g/mol. The Morgan fingerprint density at radius 2 is 1.89 bits per heavy atom. The van der Waals surface area contributed by atoms with E-state index in [1.807, 2.05) is 42.2 Å². The summed E-state index contributed by atoms with van der Waals surface area (Å²) >= 11 is 0. The second kappa shape index (κ2) is 8.52. The lowest BCUT2D eigenvalue weighted by Gasteiger charge is -2.31. The van der Waals surface area contributed by atoms with E-state index in [1.165, 1.54) is 6.92 Å². The number of carbonyl (C=O) groups excluding carboxylic acids is 3. The lowest BCUT2D eigenvalue weighted by Crippen LogP contribution is -2.43. The number of benzene rings is 1. The van der Waals surface area contributed by atoms with Crippen LogP contribution in [0.25, 0.3) is 0 Å². The Hall–Kier alpha value is -2.73. The summed E-state index contributed by atoms with van der Waals surface area (Å²) in [5.74, 6) is -0.228. The number of amides is 1. The summed E-state index contributed by atoms with van der Waals surface area (Å²) in [4.78, 5) is 42.3. The van der Waals surface area contributed by atoms with E-state index in [9.17, 15) is 14.4 Å². The van der Waals surface area contributed by atoms with Gasteiger partial charge in [0.1, 0.15) is 0 Å². The molecule has 0 aliphatic carbocycles. The molecule has 6 nitrogen and oxygen atoms in total. The zero-order chi connectivity index (χ0) is 20.3. The van der Waals surface area contributed by atoms with Crippen molar-refractivity contribution in [2.75, 3.05) is 25.0 Å². The van der Waals surface area contributed by atoms with Gasteiger partial charge in [0.15, 0.2) is 11.6 Å². The number of piperidine rings is 1. The first kappa shape index (κ1) is 20.0. The van der Waals surface area contributed by atoms with Crippen LogP contribution < -0.4 is 5.32 Å². The van der Waals surface area contributed by atoms with Crippen molar-refractivity contribution in [3.8, 4) is 0 Å². The number of nitrogens with zero attached hydrogens (tertiary/aromatic N) is 1. The van der Waals surface area contributed by atoms with E-state index in [4.69, 9.17) is 0 Å². The van der Waals surface area contributed by atoms with Crippen LogP contribution in [0.3, 0.4) is 0 Å². The maximum atomic E-state index is 12.8. The van der Waals surface area contributed by atoms with E-state index in [2.05, 4.69) is 10.3 Å². The highest BCUT2D eigenvalue weighted by Gasteiger charge is 2.28. The number of hydrogen-bond donors (Lipinski definition) is 2. The van der Waals surface area contributed by atoms with Crippen molar-refractivity contribution in [3.63, 3.8) is 0 Å². The van der Waals surface area contributed by atoms with Crippen molar-refractivity contribution in [1.82, 2.24) is 9.88 Å². The Balaban J connectivity index is 1.63. The predicted octanol–water partition coefficient (Wildman–Crippen LogP) is 3.37. The third-order valence-electron chi connectivity index (χ3n) is 5.35. The molecule has 1 aliphatic heterocycles. The molecule has 1 aromatic carbocycles. The smallest absolute Gasteiger partial charge is 0.228 e. The fourth-order valence-corrected chi connectivity index (χ4v) is 4.02. The fraction of sp³-hybridized carbons (Fsp3) is 0.409. The van der Waals surface area contributed by atoms with Gasteiger partial charge in [-0.2, -0.15) is 0 Å². The Bertz CT molecular complexity index is 886. The SMILES string of the molecule is CC(=O)c1c(C)[nH]c(C(=O)CN2CCC[C@@H](C(=O)Nc3ccccc3)C2)c1C. The number of ketones is 2. The summed E-state index contributed by atoms with van der Waals surface area (Å²) in [6.07, 6.45) is 1.69. The minimum atomic E-state index is -0.138. The number of aryl methyl sites for hydroxylation is 1. The minimum absolute atomic E-state index is 0.00545. The molecule has 1 fully saturated rings. The van der Waals surface area contributed by atoms with Gasteiger partial charge in [0.05, 0.1) is 18.2 Å². The van der Waals surface area contributed by atoms with Crippen LogP contribution in [0.4, 0.5) is 5.69 Å². The van der Waals surface area contributed by atoms with E-state index in [0.717, 1.165) is 30.8 Å². The van der Waals surface area contributed by atoms with Crippen LogP contribution in [0.15, 0.2) is 30.3 Å². The maximum absolute atomic E-state index is 12.8. The van der Waals surface area contributed by atoms with E-state index in [0.29, 0.717) is 23.4 Å². The van der Waals surface area contributed by atoms with Crippen LogP contribution >= 0.6 is 0 Å². The molecule has 1 saturated heterocycles. The second-order valence-corrected chi connectivity index (χ2v) is 7.53. The van der Waals surface area contributed by atoms with E-state index in [-0.39, 0.29) is 29.9 Å². The molecule has 3 rings (SSSR count). The number of rotatable bonds is 6. The van der Waals surface area contributed by atoms with Gasteiger partial charge in [0.25, 0.3) is 0 Å². The van der Waals surface area contributed by atoms with Gasteiger partial charge in [-0.3, -0.25) is 19.3 Å². The molecule has 0 radical (unpaired) electrons. The fourth-order valence-electron chi connectivity index (χ4n) is 4.02. The number of carbonyl (C=O) groups is 3. The van der Waals surface area contributed by atoms with Gasteiger partial charge in [-0.25, -0.2) is 0 Å². The van der Waals surface area contributed by atoms with E-state index >= 15 is 0 Å². The normalized spacial score (nSPS) is 17.3. The second-order valence-electron chi connectivity index (χ2n) is 7.53. The number of anilines is 1. The molecule has 0 saturated carbocycles. The van der Waals surface area contributed by atoms with Gasteiger partial charge < -0.3 is 10.3 Å². The van der Waals surface area contributed by atoms with Gasteiger partial charge in [0, 0.05) is 23.5 Å². The van der Waals surface area contributed by atoms with E-state index < -0.39 is 0 Å². The number of Topliss-reactive ketones (excluding diaryl/α,β-unsaturated/α-hetero) is 2. The Kier molecular flexibility index (Phi) is 6.09. The molecule has 0 unspecified atom stereocenters. The first-order chi connectivity index (χ1) is 13.4. The topological polar surface area (TPSA) is 82.3 Å². The van der Waals surface area contributed by atoms with Crippen molar-refractivity contribution < 1.29 is 14.4 Å². The number of nitrogens with one attached hydrogen (secondary N) is 2. The highest BCUT2D eigenvalue weighted by molar-refractivity contribution is 6.04. The highest BCUT2D eigenvalue weighted by atomic mass is 16.2. The quantitative estimate of drug-likeness (QED) is 0.752. The summed E-state index contributed by atoms with van der Waals surface area (Å²) in [6.45, 7) is 6.72. The first-order valence-corrected chi connectivity index (χ1v) is 9.68. The largest absolute Gasteiger partial charge is 0.355 e. The van der Waals surface area contributed by atoms with Gasteiger partial charge in [-0.15, -0.1) is 0 Å². The maximum Gasteiger partial charge on any atom is 0.228 e. The summed E-state index contributed by atoms with van der Waals surface area (Å²) in [5, 5.41) is 2.96. The summed E-state index contributed by atoms with van der Waals surface area (Å²) in [6, 6.07) is 9.41. The highest BCUT2D eigenvalue weighted by Crippen LogP contribution is 2.22. The lowest BCUT2D eigenvalue weighted by atomic mass is 9.96. The van der Waals surface area contributed by atoms with Crippen molar-refractivity contribution in [2.24, 2.45) is 5.92 Å². The molecule has 1 aromatic heterocycles. The Morgan fingerprint density at radius 3 is 2.54 bits per heavy atom. The number of aromatic nitrogens is 1. The molecule has 1 atom stereocenters. The molecular formula is C22H27N3O3. The van der Waals surface area contributed by atoms with Gasteiger partial charge in [-0.1, -0.05) is 18.2 Å². The first-order valence-electron chi connectivity index (χ1n) is 9.68. The third-order valence-corrected chi connectivity index (χ3v) is 5.35. The molecule has 1 aliphatic rings. The lowest BCUT2D eigenvalue weighted by molar-refractivity contribution is -0.121. The number of hydrogen-bond acceptors (Lipinski definition) is 4. The van der Waals surface area contributed by atoms with Gasteiger partial charge in [0.2, 0.25) is 5.91 Å². The van der Waals surface area contributed by atoms with Crippen molar-refractivity contribution in [2.45, 2.75) is 33.6 Å². The van der Waals surface area contributed by atoms with Gasteiger partial charge in [-0.05, 0) is 57.9 Å². The van der Waals surface area contributed by atoms with Crippen molar-refractivity contribution >= 4 is 23.2 Å². The van der Waals surface area contributed by atoms with Crippen molar-refractivity contribution in [3.05, 3.63) is 52.8 Å². The molecule has 0 spiro atoms. The Morgan fingerprint density at radius 1 is 1.18 bits per heavy atom. The van der Waals surface area contributed by atoms with Gasteiger partial charge >= 0.3 is 0 Å². The summed E-state index contributed by atoms with van der Waals surface area (Å²) < 4.78 is 0. The molecule has 0 bridgehead atoms. The zero-order valence-corrected chi connectivity index (χ0v) is 16.7. The zero-order valence-electron chi connectivity index (χ0n) is 16.7. The average molecular weight is 381 g/mol. The number of para-hydroxylation sites is 1. The summed E-state index contributed by atoms with van der Waals surface area (Å²) in [5.41, 5.74) is 3.33. The average Bonchev–Trinajstić information content (AvgIpc) is 2.97. The summed E-state index contributed by atoms with van der Waals surface area (Å²) in [7, 11) is 0. The van der Waals surface area contributed by atoms with Crippen molar-refractivity contribution in [1.29, 1.82) is 0 Å². The molecule has 1 amide bonds. The number of H-pyrrole nitrogens is 1. The molecule has 6 heteroatoms. The molecule has 28 heavy (non-hydrogen) atoms. The number of likely N-dealkylation sites (tertiary alicyclic amines) is 1. The van der Waals surface area contributed by atoms with Crippen LogP contribution in [0.1, 0.15) is 51.9 Å². The van der Waals surface area contributed by atoms with E-state index in [1.54, 1.807) is 6.92 Å². The third kappa shape index (κ3) is 4.39. The Labute approximate surface area is 165 Å². The monoisotopic (exact) mass is 381 g/mol. The molecule has 2 N–H and O–H groups in total.